The molecule has 1 unspecified atom stereocenters. The average Bonchev–Trinajstić information content (AvgIpc) is 3.46. The van der Waals surface area contributed by atoms with Gasteiger partial charge in [-0.3, -0.25) is 9.78 Å². The van der Waals surface area contributed by atoms with E-state index in [1.165, 1.54) is 11.1 Å². The Morgan fingerprint density at radius 1 is 1.00 bits per heavy atom. The van der Waals surface area contributed by atoms with Crippen molar-refractivity contribution in [2.45, 2.75) is 32.5 Å². The lowest BCUT2D eigenvalue weighted by Crippen LogP contribution is -2.33. The standard InChI is InChI=1S/C17H20F3N7O.2C7H8/c1-26(2)11-5-6-27(9-11)16-24-14(12(7-21)15(28)25-16)23-13-4-3-10(8-22-13)17(18,19)20;2*1-7-5-3-2-4-6-7/h3-4,7-8,11,21H,5-6,9H2,1-2H3,(H2,22,23,24,25,28);2*2-6H,1H3. The third-order valence-corrected chi connectivity index (χ3v) is 6.50. The van der Waals surface area contributed by atoms with Crippen LogP contribution in [0.2, 0.25) is 0 Å². The van der Waals surface area contributed by atoms with Gasteiger partial charge in [0.1, 0.15) is 17.2 Å². The fourth-order valence-corrected chi connectivity index (χ4v) is 4.03. The maximum absolute atomic E-state index is 12.7. The summed E-state index contributed by atoms with van der Waals surface area (Å²) in [5.74, 6) is 0.497. The molecule has 1 fully saturated rings. The smallest absolute Gasteiger partial charge is 0.341 e. The van der Waals surface area contributed by atoms with Crippen molar-refractivity contribution in [3.05, 3.63) is 112 Å². The Morgan fingerprint density at radius 2 is 1.60 bits per heavy atom. The second kappa shape index (κ2) is 14.9. The van der Waals surface area contributed by atoms with Gasteiger partial charge in [0.05, 0.1) is 5.56 Å². The molecule has 5 rings (SSSR count). The number of aromatic nitrogens is 3. The van der Waals surface area contributed by atoms with Crippen molar-refractivity contribution in [1.82, 2.24) is 19.9 Å². The lowest BCUT2D eigenvalue weighted by Gasteiger charge is -2.21. The molecule has 0 saturated carbocycles. The summed E-state index contributed by atoms with van der Waals surface area (Å²) in [6.07, 6.45) is -2.04. The molecule has 222 valence electrons. The molecule has 8 nitrogen and oxygen atoms in total. The van der Waals surface area contributed by atoms with E-state index in [-0.39, 0.29) is 17.2 Å². The van der Waals surface area contributed by atoms with Crippen molar-refractivity contribution in [2.75, 3.05) is 37.4 Å². The Kier molecular flexibility index (Phi) is 11.4. The number of halogens is 3. The van der Waals surface area contributed by atoms with E-state index in [0.717, 1.165) is 24.8 Å². The largest absolute Gasteiger partial charge is 0.417 e. The number of benzene rings is 2. The summed E-state index contributed by atoms with van der Waals surface area (Å²) in [5.41, 5.74) is 1.22. The summed E-state index contributed by atoms with van der Waals surface area (Å²) < 4.78 is 38.0. The van der Waals surface area contributed by atoms with Crippen molar-refractivity contribution in [1.29, 1.82) is 5.41 Å². The molecule has 3 heterocycles. The van der Waals surface area contributed by atoms with Crippen molar-refractivity contribution in [3.63, 3.8) is 0 Å². The molecule has 1 aliphatic rings. The van der Waals surface area contributed by atoms with Crippen LogP contribution in [0.5, 0.6) is 0 Å². The Morgan fingerprint density at radius 3 is 2.00 bits per heavy atom. The molecule has 11 heteroatoms. The van der Waals surface area contributed by atoms with Gasteiger partial charge in [0.15, 0.2) is 0 Å². The molecule has 4 aromatic rings. The van der Waals surface area contributed by atoms with E-state index in [0.29, 0.717) is 31.3 Å². The summed E-state index contributed by atoms with van der Waals surface area (Å²) in [6.45, 7) is 5.55. The SMILES string of the molecule is CN(C)C1CCN(c2nc(Nc3ccc(C(F)(F)F)cn3)c(C=N)c(=O)[nH]2)C1.Cc1ccccc1.Cc1ccccc1. The molecule has 0 spiro atoms. The van der Waals surface area contributed by atoms with Crippen LogP contribution >= 0.6 is 0 Å². The maximum Gasteiger partial charge on any atom is 0.417 e. The van der Waals surface area contributed by atoms with Gasteiger partial charge in [-0.05, 0) is 46.5 Å². The Labute approximate surface area is 243 Å². The van der Waals surface area contributed by atoms with Crippen LogP contribution in [0.4, 0.5) is 30.8 Å². The Balaban J connectivity index is 0.000000280. The summed E-state index contributed by atoms with van der Waals surface area (Å²) >= 11 is 0. The first-order valence-electron chi connectivity index (χ1n) is 13.4. The van der Waals surface area contributed by atoms with Gasteiger partial charge in [-0.25, -0.2) is 4.98 Å². The zero-order valence-electron chi connectivity index (χ0n) is 24.1. The van der Waals surface area contributed by atoms with E-state index in [9.17, 15) is 18.0 Å². The number of nitrogens with zero attached hydrogens (tertiary/aromatic N) is 4. The van der Waals surface area contributed by atoms with Crippen LogP contribution in [-0.4, -0.2) is 59.3 Å². The quantitative estimate of drug-likeness (QED) is 0.249. The molecule has 2 aromatic carbocycles. The van der Waals surface area contributed by atoms with Gasteiger partial charge in [-0.1, -0.05) is 71.8 Å². The summed E-state index contributed by atoms with van der Waals surface area (Å²) in [6, 6.07) is 22.9. The first-order valence-corrected chi connectivity index (χ1v) is 13.4. The lowest BCUT2D eigenvalue weighted by molar-refractivity contribution is -0.137. The highest BCUT2D eigenvalue weighted by molar-refractivity contribution is 5.85. The molecule has 0 amide bonds. The van der Waals surface area contributed by atoms with Gasteiger partial charge in [0.25, 0.3) is 5.56 Å². The number of alkyl halides is 3. The predicted molar refractivity (Wildman–Crippen MR) is 162 cm³/mol. The summed E-state index contributed by atoms with van der Waals surface area (Å²) in [5, 5.41) is 10.2. The molecule has 0 aliphatic carbocycles. The number of hydrogen-bond acceptors (Lipinski definition) is 7. The Hall–Kier alpha value is -4.51. The second-order valence-corrected chi connectivity index (χ2v) is 10.0. The number of H-pyrrole nitrogens is 1. The first-order chi connectivity index (χ1) is 20.0. The van der Waals surface area contributed by atoms with Crippen LogP contribution < -0.4 is 15.8 Å². The molecule has 0 bridgehead atoms. The summed E-state index contributed by atoms with van der Waals surface area (Å²) in [4.78, 5) is 27.1. The highest BCUT2D eigenvalue weighted by Crippen LogP contribution is 2.29. The predicted octanol–water partition coefficient (Wildman–Crippen LogP) is 6.06. The monoisotopic (exact) mass is 579 g/mol. The minimum absolute atomic E-state index is 0.0335. The zero-order valence-corrected chi connectivity index (χ0v) is 24.1. The van der Waals surface area contributed by atoms with E-state index in [2.05, 4.69) is 63.3 Å². The molecular formula is C31H36F3N7O. The van der Waals surface area contributed by atoms with E-state index in [4.69, 9.17) is 5.41 Å². The zero-order chi connectivity index (χ0) is 30.7. The van der Waals surface area contributed by atoms with Gasteiger partial charge in [0, 0.05) is 31.5 Å². The number of hydrogen-bond donors (Lipinski definition) is 3. The van der Waals surface area contributed by atoms with Crippen LogP contribution in [-0.2, 0) is 6.18 Å². The van der Waals surface area contributed by atoms with Gasteiger partial charge in [-0.15, -0.1) is 0 Å². The van der Waals surface area contributed by atoms with Crippen LogP contribution in [0, 0.1) is 19.3 Å². The maximum atomic E-state index is 12.7. The first kappa shape index (κ1) is 32.0. The molecule has 1 aliphatic heterocycles. The number of pyridine rings is 1. The number of nitrogens with one attached hydrogen (secondary N) is 3. The van der Waals surface area contributed by atoms with Crippen molar-refractivity contribution >= 4 is 23.8 Å². The fourth-order valence-electron chi connectivity index (χ4n) is 4.03. The number of aryl methyl sites for hydroxylation is 2. The highest BCUT2D eigenvalue weighted by Gasteiger charge is 2.31. The highest BCUT2D eigenvalue weighted by atomic mass is 19.4. The van der Waals surface area contributed by atoms with Crippen molar-refractivity contribution in [2.24, 2.45) is 0 Å². The minimum atomic E-state index is -4.49. The average molecular weight is 580 g/mol. The molecule has 0 radical (unpaired) electrons. The van der Waals surface area contributed by atoms with E-state index >= 15 is 0 Å². The van der Waals surface area contributed by atoms with Crippen LogP contribution in [0.15, 0.2) is 83.8 Å². The third kappa shape index (κ3) is 9.55. The molecular weight excluding hydrogens is 543 g/mol. The fraction of sp³-hybridized carbons (Fsp3) is 0.290. The number of rotatable bonds is 5. The normalized spacial score (nSPS) is 14.4. The van der Waals surface area contributed by atoms with Crippen molar-refractivity contribution < 1.29 is 13.2 Å². The van der Waals surface area contributed by atoms with Gasteiger partial charge < -0.3 is 20.5 Å². The number of aromatic amines is 1. The van der Waals surface area contributed by atoms with Crippen LogP contribution in [0.1, 0.15) is 28.7 Å². The van der Waals surface area contributed by atoms with Crippen LogP contribution in [0.25, 0.3) is 0 Å². The second-order valence-electron chi connectivity index (χ2n) is 10.0. The summed E-state index contributed by atoms with van der Waals surface area (Å²) in [7, 11) is 3.96. The molecule has 3 N–H and O–H groups in total. The lowest BCUT2D eigenvalue weighted by atomic mass is 10.2. The van der Waals surface area contributed by atoms with Gasteiger partial charge >= 0.3 is 6.18 Å². The van der Waals surface area contributed by atoms with E-state index < -0.39 is 17.3 Å². The van der Waals surface area contributed by atoms with E-state index in [1.807, 2.05) is 55.4 Å². The molecule has 1 saturated heterocycles. The molecule has 1 atom stereocenters. The topological polar surface area (TPSA) is 101 Å². The Bertz CT molecular complexity index is 1420. The van der Waals surface area contributed by atoms with E-state index in [1.54, 1.807) is 0 Å². The number of likely N-dealkylation sites (N-methyl/N-ethyl adjacent to an activating group) is 1. The van der Waals surface area contributed by atoms with Crippen LogP contribution in [0.3, 0.4) is 0 Å². The van der Waals surface area contributed by atoms with Gasteiger partial charge in [0.2, 0.25) is 5.95 Å². The minimum Gasteiger partial charge on any atom is -0.341 e. The van der Waals surface area contributed by atoms with Gasteiger partial charge in [-0.2, -0.15) is 18.2 Å². The third-order valence-electron chi connectivity index (χ3n) is 6.50. The number of anilines is 3. The molecule has 42 heavy (non-hydrogen) atoms. The van der Waals surface area contributed by atoms with Crippen molar-refractivity contribution in [3.8, 4) is 0 Å². The molecule has 2 aromatic heterocycles.